The summed E-state index contributed by atoms with van der Waals surface area (Å²) >= 11 is 0. The van der Waals surface area contributed by atoms with E-state index in [1.807, 2.05) is 12.1 Å². The second kappa shape index (κ2) is 8.62. The van der Waals surface area contributed by atoms with Gasteiger partial charge in [-0.15, -0.1) is 0 Å². The highest BCUT2D eigenvalue weighted by Crippen LogP contribution is 2.30. The van der Waals surface area contributed by atoms with Gasteiger partial charge in [-0.25, -0.2) is 4.98 Å². The molecule has 3 aromatic rings. The number of morpholine rings is 1. The van der Waals surface area contributed by atoms with Crippen LogP contribution in [-0.2, 0) is 16.0 Å². The molecule has 0 radical (unpaired) electrons. The lowest BCUT2D eigenvalue weighted by atomic mass is 9.81. The summed E-state index contributed by atoms with van der Waals surface area (Å²) in [6.45, 7) is 3.71. The van der Waals surface area contributed by atoms with E-state index < -0.39 is 0 Å². The van der Waals surface area contributed by atoms with Crippen molar-refractivity contribution in [2.75, 3.05) is 26.3 Å². The molecule has 0 atom stereocenters. The highest BCUT2D eigenvalue weighted by Gasteiger charge is 2.30. The van der Waals surface area contributed by atoms with Crippen LogP contribution in [-0.4, -0.2) is 58.0 Å². The highest BCUT2D eigenvalue weighted by molar-refractivity contribution is 5.87. The summed E-state index contributed by atoms with van der Waals surface area (Å²) in [7, 11) is 0. The minimum Gasteiger partial charge on any atom is -0.442 e. The molecule has 30 heavy (non-hydrogen) atoms. The molecule has 1 saturated heterocycles. The predicted octanol–water partition coefficient (Wildman–Crippen LogP) is 3.29. The van der Waals surface area contributed by atoms with E-state index in [0.29, 0.717) is 24.0 Å². The second-order valence-corrected chi connectivity index (χ2v) is 8.25. The van der Waals surface area contributed by atoms with Gasteiger partial charge in [0, 0.05) is 54.9 Å². The lowest BCUT2D eigenvalue weighted by molar-refractivity contribution is -0.123. The van der Waals surface area contributed by atoms with Crippen molar-refractivity contribution in [1.29, 1.82) is 0 Å². The summed E-state index contributed by atoms with van der Waals surface area (Å²) in [6, 6.07) is 4.56. The molecule has 156 valence electrons. The topological polar surface area (TPSA) is 81.3 Å². The molecule has 3 aromatic heterocycles. The molecular weight excluding hydrogens is 380 g/mol. The summed E-state index contributed by atoms with van der Waals surface area (Å²) < 4.78 is 10.8. The molecule has 0 bridgehead atoms. The Bertz CT molecular complexity index is 1010. The first-order valence-corrected chi connectivity index (χ1v) is 10.7. The van der Waals surface area contributed by atoms with Crippen molar-refractivity contribution in [2.45, 2.75) is 38.1 Å². The van der Waals surface area contributed by atoms with E-state index in [0.717, 1.165) is 74.1 Å². The maximum atomic E-state index is 12.9. The highest BCUT2D eigenvalue weighted by atomic mass is 16.5. The zero-order valence-corrected chi connectivity index (χ0v) is 17.0. The maximum Gasteiger partial charge on any atom is 0.181 e. The predicted molar refractivity (Wildman–Crippen MR) is 112 cm³/mol. The van der Waals surface area contributed by atoms with Gasteiger partial charge in [0.15, 0.2) is 12.2 Å². The second-order valence-electron chi connectivity index (χ2n) is 8.25. The third kappa shape index (κ3) is 4.13. The fourth-order valence-corrected chi connectivity index (χ4v) is 4.69. The van der Waals surface area contributed by atoms with Crippen LogP contribution in [0, 0.1) is 5.92 Å². The fourth-order valence-electron chi connectivity index (χ4n) is 4.69. The van der Waals surface area contributed by atoms with Crippen molar-refractivity contribution in [3.63, 3.8) is 0 Å². The van der Waals surface area contributed by atoms with Gasteiger partial charge >= 0.3 is 0 Å². The average molecular weight is 406 g/mol. The van der Waals surface area contributed by atoms with E-state index >= 15 is 0 Å². The number of fused-ring (bicyclic) bond motifs is 1. The van der Waals surface area contributed by atoms with Gasteiger partial charge in [-0.3, -0.25) is 19.7 Å². The fraction of sp³-hybridized carbons (Fsp3) is 0.478. The largest absolute Gasteiger partial charge is 0.442 e. The smallest absolute Gasteiger partial charge is 0.181 e. The maximum absolute atomic E-state index is 12.9. The zero-order chi connectivity index (χ0) is 20.3. The van der Waals surface area contributed by atoms with E-state index in [-0.39, 0.29) is 5.92 Å². The number of carbonyl (C=O) groups excluding carboxylic acids is 1. The Hall–Kier alpha value is -2.64. The molecule has 0 aromatic carbocycles. The molecule has 2 aliphatic rings. The number of Topliss-reactive ketones (excluding diaryl/α,β-unsaturated/α-hetero) is 1. The van der Waals surface area contributed by atoms with E-state index in [2.05, 4.69) is 19.9 Å². The van der Waals surface area contributed by atoms with Crippen LogP contribution in [0.2, 0.25) is 0 Å². The third-order valence-corrected chi connectivity index (χ3v) is 6.41. The number of rotatable bonds is 5. The lowest BCUT2D eigenvalue weighted by Gasteiger charge is -2.38. The quantitative estimate of drug-likeness (QED) is 0.643. The Kier molecular flexibility index (Phi) is 5.55. The molecule has 2 fully saturated rings. The molecule has 0 amide bonds. The number of hydrogen-bond acceptors (Lipinski definition) is 7. The number of oxazole rings is 1. The number of hydrogen-bond donors (Lipinski definition) is 0. The van der Waals surface area contributed by atoms with E-state index in [4.69, 9.17) is 9.15 Å². The van der Waals surface area contributed by atoms with Crippen LogP contribution in [0.25, 0.3) is 22.2 Å². The Labute approximate surface area is 175 Å². The minimum atomic E-state index is 0.155. The molecule has 0 N–H and O–H groups in total. The van der Waals surface area contributed by atoms with Crippen LogP contribution in [0.15, 0.2) is 41.5 Å². The van der Waals surface area contributed by atoms with Crippen molar-refractivity contribution in [2.24, 2.45) is 5.92 Å². The number of pyridine rings is 2. The molecule has 1 saturated carbocycles. The SMILES string of the molecule is O=C(Cc1cc2cc(-c3cnco3)ncc2cn1)C1CCC(N2CCOCC2)CC1. The summed E-state index contributed by atoms with van der Waals surface area (Å²) in [4.78, 5) is 28.3. The first-order valence-electron chi connectivity index (χ1n) is 10.7. The van der Waals surface area contributed by atoms with Crippen molar-refractivity contribution >= 4 is 16.6 Å². The summed E-state index contributed by atoms with van der Waals surface area (Å²) in [5.41, 5.74) is 1.54. The molecule has 7 nitrogen and oxygen atoms in total. The number of aromatic nitrogens is 3. The summed E-state index contributed by atoms with van der Waals surface area (Å²) in [6.07, 6.45) is 11.2. The van der Waals surface area contributed by atoms with Crippen molar-refractivity contribution in [1.82, 2.24) is 19.9 Å². The molecule has 7 heteroatoms. The van der Waals surface area contributed by atoms with Crippen molar-refractivity contribution in [3.05, 3.63) is 42.8 Å². The van der Waals surface area contributed by atoms with Crippen molar-refractivity contribution < 1.29 is 13.9 Å². The van der Waals surface area contributed by atoms with Crippen LogP contribution >= 0.6 is 0 Å². The standard InChI is InChI=1S/C23H26N4O3/c28-22(16-1-3-20(4-2-16)27-5-7-29-8-6-27)11-19-9-17-10-21(23-14-24-15-30-23)26-13-18(17)12-25-19/h9-10,12-16,20H,1-8,11H2. The lowest BCUT2D eigenvalue weighted by Crippen LogP contribution is -2.45. The van der Waals surface area contributed by atoms with Gasteiger partial charge in [0.05, 0.1) is 19.4 Å². The first kappa shape index (κ1) is 19.3. The van der Waals surface area contributed by atoms with Gasteiger partial charge in [0.2, 0.25) is 0 Å². The third-order valence-electron chi connectivity index (χ3n) is 6.41. The van der Waals surface area contributed by atoms with Crippen LogP contribution in [0.4, 0.5) is 0 Å². The molecule has 1 aliphatic heterocycles. The van der Waals surface area contributed by atoms with Gasteiger partial charge in [0.25, 0.3) is 0 Å². The van der Waals surface area contributed by atoms with E-state index in [1.165, 1.54) is 6.39 Å². The van der Waals surface area contributed by atoms with Gasteiger partial charge < -0.3 is 9.15 Å². The molecule has 4 heterocycles. The van der Waals surface area contributed by atoms with Gasteiger partial charge in [-0.05, 0) is 43.2 Å². The number of nitrogens with zero attached hydrogens (tertiary/aromatic N) is 4. The van der Waals surface area contributed by atoms with Gasteiger partial charge in [0.1, 0.15) is 11.5 Å². The molecule has 1 aliphatic carbocycles. The Morgan fingerprint density at radius 3 is 2.57 bits per heavy atom. The molecule has 0 spiro atoms. The first-order chi connectivity index (χ1) is 14.8. The van der Waals surface area contributed by atoms with Gasteiger partial charge in [-0.1, -0.05) is 0 Å². The Morgan fingerprint density at radius 2 is 1.80 bits per heavy atom. The van der Waals surface area contributed by atoms with Crippen LogP contribution < -0.4 is 0 Å². The average Bonchev–Trinajstić information content (AvgIpc) is 3.34. The van der Waals surface area contributed by atoms with E-state index in [1.54, 1.807) is 18.6 Å². The van der Waals surface area contributed by atoms with Crippen LogP contribution in [0.1, 0.15) is 31.4 Å². The molecule has 5 rings (SSSR count). The number of carbonyl (C=O) groups is 1. The molecular formula is C23H26N4O3. The number of ether oxygens (including phenoxy) is 1. The summed E-state index contributed by atoms with van der Waals surface area (Å²) in [5.74, 6) is 1.09. The normalized spacial score (nSPS) is 22.9. The van der Waals surface area contributed by atoms with Crippen LogP contribution in [0.5, 0.6) is 0 Å². The summed E-state index contributed by atoms with van der Waals surface area (Å²) in [5, 5.41) is 1.95. The molecule has 0 unspecified atom stereocenters. The Morgan fingerprint density at radius 1 is 1.00 bits per heavy atom. The van der Waals surface area contributed by atoms with Crippen molar-refractivity contribution in [3.8, 4) is 11.5 Å². The number of ketones is 1. The zero-order valence-electron chi connectivity index (χ0n) is 17.0. The van der Waals surface area contributed by atoms with Gasteiger partial charge in [-0.2, -0.15) is 0 Å². The van der Waals surface area contributed by atoms with Crippen LogP contribution in [0.3, 0.4) is 0 Å². The Balaban J connectivity index is 1.23. The monoisotopic (exact) mass is 406 g/mol. The van der Waals surface area contributed by atoms with E-state index in [9.17, 15) is 4.79 Å². The minimum absolute atomic E-state index is 0.155.